The van der Waals surface area contributed by atoms with Gasteiger partial charge in [-0.2, -0.15) is 0 Å². The Bertz CT molecular complexity index is 828. The van der Waals surface area contributed by atoms with Crippen molar-refractivity contribution < 1.29 is 19.1 Å². The van der Waals surface area contributed by atoms with Gasteiger partial charge in [0.05, 0.1) is 14.2 Å². The molecule has 2 aromatic carbocycles. The predicted octanol–water partition coefficient (Wildman–Crippen LogP) is 2.41. The molecule has 6 nitrogen and oxygen atoms in total. The van der Waals surface area contributed by atoms with E-state index in [0.717, 1.165) is 12.0 Å². The highest BCUT2D eigenvalue weighted by Gasteiger charge is 2.27. The Balaban J connectivity index is 1.71. The van der Waals surface area contributed by atoms with Crippen molar-refractivity contribution in [3.63, 3.8) is 0 Å². The van der Waals surface area contributed by atoms with E-state index in [2.05, 4.69) is 11.4 Å². The fourth-order valence-corrected chi connectivity index (χ4v) is 3.36. The van der Waals surface area contributed by atoms with Crippen LogP contribution in [-0.2, 0) is 17.8 Å². The number of nitrogens with zero attached hydrogens (tertiary/aromatic N) is 1. The highest BCUT2D eigenvalue weighted by Crippen LogP contribution is 2.28. The Morgan fingerprint density at radius 1 is 1.00 bits per heavy atom. The van der Waals surface area contributed by atoms with E-state index in [1.807, 2.05) is 18.2 Å². The van der Waals surface area contributed by atoms with Crippen LogP contribution in [0.5, 0.6) is 11.5 Å². The minimum Gasteiger partial charge on any atom is -0.496 e. The van der Waals surface area contributed by atoms with Crippen molar-refractivity contribution in [3.8, 4) is 11.5 Å². The van der Waals surface area contributed by atoms with Crippen molar-refractivity contribution in [2.75, 3.05) is 20.8 Å². The third-order valence-corrected chi connectivity index (χ3v) is 4.82. The molecule has 2 amide bonds. The molecule has 142 valence electrons. The van der Waals surface area contributed by atoms with E-state index < -0.39 is 11.9 Å². The molecule has 0 saturated heterocycles. The average Bonchev–Trinajstić information content (AvgIpc) is 2.71. The quantitative estimate of drug-likeness (QED) is 0.880. The lowest BCUT2D eigenvalue weighted by Gasteiger charge is -2.31. The van der Waals surface area contributed by atoms with Crippen LogP contribution >= 0.6 is 0 Å². The van der Waals surface area contributed by atoms with Crippen LogP contribution in [0.3, 0.4) is 0 Å². The molecule has 3 rings (SSSR count). The second kappa shape index (κ2) is 8.12. The van der Waals surface area contributed by atoms with Crippen LogP contribution in [-0.4, -0.2) is 43.5 Å². The second-order valence-corrected chi connectivity index (χ2v) is 6.51. The molecular weight excluding hydrogens is 344 g/mol. The van der Waals surface area contributed by atoms with Gasteiger partial charge in [0.2, 0.25) is 5.91 Å². The molecule has 27 heavy (non-hydrogen) atoms. The number of methoxy groups -OCH3 is 2. The smallest absolute Gasteiger partial charge is 0.259 e. The summed E-state index contributed by atoms with van der Waals surface area (Å²) in [5, 5.41) is 2.78. The largest absolute Gasteiger partial charge is 0.496 e. The summed E-state index contributed by atoms with van der Waals surface area (Å²) in [5.41, 5.74) is 2.71. The molecule has 2 aromatic rings. The fourth-order valence-electron chi connectivity index (χ4n) is 3.36. The highest BCUT2D eigenvalue weighted by molar-refractivity contribution is 6.01. The van der Waals surface area contributed by atoms with Gasteiger partial charge in [-0.1, -0.05) is 30.3 Å². The van der Waals surface area contributed by atoms with Crippen molar-refractivity contribution in [2.24, 2.45) is 0 Å². The number of ether oxygens (including phenoxy) is 2. The molecular formula is C21H24N2O4. The molecule has 6 heteroatoms. The van der Waals surface area contributed by atoms with Crippen LogP contribution in [0.25, 0.3) is 0 Å². The Morgan fingerprint density at radius 3 is 2.26 bits per heavy atom. The lowest BCUT2D eigenvalue weighted by atomic mass is 9.99. The summed E-state index contributed by atoms with van der Waals surface area (Å²) >= 11 is 0. The molecule has 1 atom stereocenters. The molecule has 0 fully saturated rings. The van der Waals surface area contributed by atoms with E-state index in [1.165, 1.54) is 19.8 Å². The van der Waals surface area contributed by atoms with Crippen molar-refractivity contribution in [3.05, 3.63) is 59.2 Å². The van der Waals surface area contributed by atoms with E-state index in [-0.39, 0.29) is 11.5 Å². The minimum absolute atomic E-state index is 0.105. The van der Waals surface area contributed by atoms with E-state index in [4.69, 9.17) is 9.47 Å². The van der Waals surface area contributed by atoms with Gasteiger partial charge in [0.1, 0.15) is 23.1 Å². The zero-order valence-electron chi connectivity index (χ0n) is 15.8. The third-order valence-electron chi connectivity index (χ3n) is 4.82. The molecule has 0 aliphatic carbocycles. The maximum absolute atomic E-state index is 12.8. The predicted molar refractivity (Wildman–Crippen MR) is 102 cm³/mol. The number of hydrogen-bond donors (Lipinski definition) is 1. The summed E-state index contributed by atoms with van der Waals surface area (Å²) in [4.78, 5) is 27.4. The van der Waals surface area contributed by atoms with Gasteiger partial charge in [-0.05, 0) is 36.6 Å². The summed E-state index contributed by atoms with van der Waals surface area (Å²) in [6.07, 6.45) is 0.822. The number of carbonyl (C=O) groups is 2. The van der Waals surface area contributed by atoms with Gasteiger partial charge in [0.15, 0.2) is 0 Å². The number of carbonyl (C=O) groups excluding carboxylic acids is 2. The molecule has 0 spiro atoms. The molecule has 0 unspecified atom stereocenters. The maximum atomic E-state index is 12.8. The Hall–Kier alpha value is -3.02. The normalized spacial score (nSPS) is 14.1. The summed E-state index contributed by atoms with van der Waals surface area (Å²) in [5.74, 6) is 0.297. The lowest BCUT2D eigenvalue weighted by molar-refractivity contribution is -0.133. The standard InChI is InChI=1S/C21H24N2O4/c1-14(21(25)23-12-11-15-7-4-5-8-16(15)13-23)22-20(24)19-17(26-2)9-6-10-18(19)27-3/h4-10,14H,11-13H2,1-3H3,(H,22,24)/t14-/m0/s1. The van der Waals surface area contributed by atoms with Crippen LogP contribution < -0.4 is 14.8 Å². The van der Waals surface area contributed by atoms with Crippen molar-refractivity contribution in [1.82, 2.24) is 10.2 Å². The molecule has 0 aromatic heterocycles. The summed E-state index contributed by atoms with van der Waals surface area (Å²) in [7, 11) is 2.98. The molecule has 1 heterocycles. The first kappa shape index (κ1) is 18.8. The average molecular weight is 368 g/mol. The van der Waals surface area contributed by atoms with E-state index in [1.54, 1.807) is 30.0 Å². The number of amides is 2. The van der Waals surface area contributed by atoms with Crippen LogP contribution in [0, 0.1) is 0 Å². The number of hydrogen-bond acceptors (Lipinski definition) is 4. The van der Waals surface area contributed by atoms with Crippen LogP contribution in [0.2, 0.25) is 0 Å². The number of nitrogens with one attached hydrogen (secondary N) is 1. The number of rotatable bonds is 5. The first-order valence-corrected chi connectivity index (χ1v) is 8.92. The number of benzene rings is 2. The van der Waals surface area contributed by atoms with Gasteiger partial charge in [0, 0.05) is 13.1 Å². The van der Waals surface area contributed by atoms with Gasteiger partial charge in [-0.3, -0.25) is 9.59 Å². The zero-order valence-corrected chi connectivity index (χ0v) is 15.8. The summed E-state index contributed by atoms with van der Waals surface area (Å²) < 4.78 is 10.5. The first-order chi connectivity index (χ1) is 13.0. The molecule has 0 bridgehead atoms. The summed E-state index contributed by atoms with van der Waals surface area (Å²) in [6, 6.07) is 12.6. The van der Waals surface area contributed by atoms with Crippen LogP contribution in [0.4, 0.5) is 0 Å². The molecule has 1 N–H and O–H groups in total. The second-order valence-electron chi connectivity index (χ2n) is 6.51. The van der Waals surface area contributed by atoms with E-state index >= 15 is 0 Å². The van der Waals surface area contributed by atoms with Gasteiger partial charge in [0.25, 0.3) is 5.91 Å². The van der Waals surface area contributed by atoms with Gasteiger partial charge >= 0.3 is 0 Å². The Kier molecular flexibility index (Phi) is 5.64. The summed E-state index contributed by atoms with van der Waals surface area (Å²) in [6.45, 7) is 2.91. The van der Waals surface area contributed by atoms with Crippen LogP contribution in [0.15, 0.2) is 42.5 Å². The fraction of sp³-hybridized carbons (Fsp3) is 0.333. The number of fused-ring (bicyclic) bond motifs is 1. The van der Waals surface area contributed by atoms with Crippen molar-refractivity contribution >= 4 is 11.8 Å². The van der Waals surface area contributed by atoms with Crippen LogP contribution in [0.1, 0.15) is 28.4 Å². The van der Waals surface area contributed by atoms with Gasteiger partial charge in [-0.25, -0.2) is 0 Å². The molecule has 0 radical (unpaired) electrons. The molecule has 1 aliphatic heterocycles. The lowest BCUT2D eigenvalue weighted by Crippen LogP contribution is -2.48. The van der Waals surface area contributed by atoms with Crippen molar-refractivity contribution in [2.45, 2.75) is 25.9 Å². The molecule has 1 aliphatic rings. The first-order valence-electron chi connectivity index (χ1n) is 8.92. The monoisotopic (exact) mass is 368 g/mol. The Morgan fingerprint density at radius 2 is 1.63 bits per heavy atom. The SMILES string of the molecule is COc1cccc(OC)c1C(=O)N[C@@H](C)C(=O)N1CCc2ccccc2C1. The van der Waals surface area contributed by atoms with Gasteiger partial charge in [-0.15, -0.1) is 0 Å². The van der Waals surface area contributed by atoms with E-state index in [0.29, 0.717) is 24.6 Å². The minimum atomic E-state index is -0.655. The maximum Gasteiger partial charge on any atom is 0.259 e. The Labute approximate surface area is 159 Å². The van der Waals surface area contributed by atoms with E-state index in [9.17, 15) is 9.59 Å². The third kappa shape index (κ3) is 3.89. The zero-order chi connectivity index (χ0) is 19.4. The molecule has 0 saturated carbocycles. The van der Waals surface area contributed by atoms with Crippen molar-refractivity contribution in [1.29, 1.82) is 0 Å². The van der Waals surface area contributed by atoms with Gasteiger partial charge < -0.3 is 19.7 Å². The highest BCUT2D eigenvalue weighted by atomic mass is 16.5. The topological polar surface area (TPSA) is 67.9 Å².